The molecule has 0 N–H and O–H groups in total. The Morgan fingerprint density at radius 3 is 1.02 bits per heavy atom. The van der Waals surface area contributed by atoms with Crippen LogP contribution in [0.2, 0.25) is 0 Å². The zero-order valence-corrected chi connectivity index (χ0v) is 48.1. The third-order valence-corrected chi connectivity index (χ3v) is 16.0. The lowest BCUT2D eigenvalue weighted by molar-refractivity contribution is -0.159. The topological polar surface area (TPSA) is 192 Å². The van der Waals surface area contributed by atoms with Crippen molar-refractivity contribution in [3.05, 3.63) is 93.1 Å². The fourth-order valence-corrected chi connectivity index (χ4v) is 11.5. The summed E-state index contributed by atoms with van der Waals surface area (Å²) in [4.78, 5) is 63.9. The number of esters is 2. The lowest BCUT2D eigenvalue weighted by atomic mass is 9.76. The molecular formula is C60H76N4O16. The Bertz CT molecular complexity index is 2700. The molecule has 0 saturated heterocycles. The molecular weight excluding hydrogens is 1030 g/mol. The van der Waals surface area contributed by atoms with Gasteiger partial charge in [-0.25, -0.2) is 9.59 Å². The SMILES string of the molecule is COc1cc2c(cc1OC)CCN(C(=O)CC(OC(=O)/C=C/C(=O)OC(CC(=O)N1CCc3cc(OC)c(OC)cc3CC1)N(C)CC1Cc3c1cc(OC)c(OC)c3OC)N(C)CC1Cc3c1cc(OC)c(OC)c3OC)CC2. The van der Waals surface area contributed by atoms with Crippen molar-refractivity contribution in [1.29, 1.82) is 0 Å². The number of nitrogens with zero attached hydrogens (tertiary/aromatic N) is 4. The first-order valence-corrected chi connectivity index (χ1v) is 26.8. The van der Waals surface area contributed by atoms with Crippen LogP contribution in [0.15, 0.2) is 48.6 Å². The summed E-state index contributed by atoms with van der Waals surface area (Å²) in [5, 5.41) is 0. The van der Waals surface area contributed by atoms with Crippen LogP contribution in [0.1, 0.15) is 69.2 Å². The summed E-state index contributed by atoms with van der Waals surface area (Å²) in [6.45, 7) is 2.56. The van der Waals surface area contributed by atoms with Gasteiger partial charge in [0.1, 0.15) is 0 Å². The molecule has 4 atom stereocenters. The van der Waals surface area contributed by atoms with Gasteiger partial charge in [0.05, 0.1) is 83.9 Å². The minimum absolute atomic E-state index is 0.0308. The van der Waals surface area contributed by atoms with Gasteiger partial charge >= 0.3 is 11.9 Å². The minimum Gasteiger partial charge on any atom is -0.493 e. The fraction of sp³-hybridized carbons (Fsp3) is 0.500. The third kappa shape index (κ3) is 12.4. The van der Waals surface area contributed by atoms with E-state index in [9.17, 15) is 19.2 Å². The Morgan fingerprint density at radius 2 is 0.750 bits per heavy atom. The standard InChI is InChI=1S/C60H76N4O16/c1-61(33-39-23-43-41(39)29-49(73-7)59(77-11)57(43)75-9)53(31-51(65)63-19-15-35-25-45(69-3)46(70-4)26-36(35)16-20-63)79-55(67)13-14-56(68)80-54(62(2)34-40-24-44-42(40)30-50(74-8)60(78-12)58(44)76-10)32-52(66)64-21-17-37-27-47(71-5)48(72-6)28-38(37)18-22-64/h13-14,25-30,39-40,53-54H,15-24,31-34H2,1-12H3/b14-13+. The first-order chi connectivity index (χ1) is 38.6. The molecule has 20 nitrogen and oxygen atoms in total. The van der Waals surface area contributed by atoms with Crippen molar-refractivity contribution in [1.82, 2.24) is 19.6 Å². The van der Waals surface area contributed by atoms with Gasteiger partial charge in [-0.15, -0.1) is 0 Å². The number of likely N-dealkylation sites (N-methyl/N-ethyl adjacent to an activating group) is 2. The molecule has 4 aromatic carbocycles. The quantitative estimate of drug-likeness (QED) is 0.0454. The van der Waals surface area contributed by atoms with E-state index in [-0.39, 0.29) is 36.5 Å². The van der Waals surface area contributed by atoms with Crippen LogP contribution in [0.5, 0.6) is 57.5 Å². The molecule has 0 aromatic heterocycles. The summed E-state index contributed by atoms with van der Waals surface area (Å²) in [6, 6.07) is 11.7. The van der Waals surface area contributed by atoms with Crippen molar-refractivity contribution in [3.8, 4) is 57.5 Å². The van der Waals surface area contributed by atoms with Gasteiger partial charge in [0.2, 0.25) is 23.3 Å². The molecule has 432 valence electrons. The second-order valence-corrected chi connectivity index (χ2v) is 20.3. The highest BCUT2D eigenvalue weighted by Gasteiger charge is 2.39. The summed E-state index contributed by atoms with van der Waals surface area (Å²) >= 11 is 0. The number of hydrogen-bond acceptors (Lipinski definition) is 18. The first kappa shape index (κ1) is 58.6. The summed E-state index contributed by atoms with van der Waals surface area (Å²) in [6.07, 6.45) is 3.24. The van der Waals surface area contributed by atoms with Gasteiger partial charge < -0.3 is 66.6 Å². The maximum atomic E-state index is 14.4. The molecule has 20 heteroatoms. The second-order valence-electron chi connectivity index (χ2n) is 20.3. The number of carbonyl (C=O) groups excluding carboxylic acids is 4. The second kappa shape index (κ2) is 26.1. The normalized spacial score (nSPS) is 16.9. The van der Waals surface area contributed by atoms with Crippen LogP contribution in [0, 0.1) is 0 Å². The number of amides is 2. The first-order valence-electron chi connectivity index (χ1n) is 26.8. The summed E-state index contributed by atoms with van der Waals surface area (Å²) < 4.78 is 68.6. The zero-order chi connectivity index (χ0) is 57.4. The van der Waals surface area contributed by atoms with Crippen molar-refractivity contribution in [3.63, 3.8) is 0 Å². The number of fused-ring (bicyclic) bond motifs is 4. The van der Waals surface area contributed by atoms with Crippen LogP contribution in [0.4, 0.5) is 0 Å². The monoisotopic (exact) mass is 1110 g/mol. The number of ether oxygens (including phenoxy) is 12. The average Bonchev–Trinajstić information content (AvgIpc) is 3.81. The molecule has 2 aliphatic heterocycles. The van der Waals surface area contributed by atoms with Gasteiger partial charge in [-0.05, 0) is 122 Å². The van der Waals surface area contributed by atoms with E-state index in [1.54, 1.807) is 95.0 Å². The van der Waals surface area contributed by atoms with E-state index in [0.717, 1.165) is 56.7 Å². The maximum absolute atomic E-state index is 14.4. The van der Waals surface area contributed by atoms with Crippen molar-refractivity contribution < 1.29 is 76.0 Å². The largest absolute Gasteiger partial charge is 0.493 e. The number of rotatable bonds is 24. The summed E-state index contributed by atoms with van der Waals surface area (Å²) in [5.74, 6) is 3.50. The number of hydrogen-bond donors (Lipinski definition) is 0. The molecule has 0 spiro atoms. The highest BCUT2D eigenvalue weighted by atomic mass is 16.6. The third-order valence-electron chi connectivity index (χ3n) is 16.0. The predicted molar refractivity (Wildman–Crippen MR) is 296 cm³/mol. The van der Waals surface area contributed by atoms with E-state index in [1.807, 2.05) is 46.2 Å². The molecule has 4 aromatic rings. The van der Waals surface area contributed by atoms with E-state index in [2.05, 4.69) is 0 Å². The molecule has 8 rings (SSSR count). The Hall–Kier alpha value is -7.58. The summed E-state index contributed by atoms with van der Waals surface area (Å²) in [5.41, 5.74) is 8.18. The minimum atomic E-state index is -1.03. The van der Waals surface area contributed by atoms with Crippen molar-refractivity contribution in [2.75, 3.05) is 124 Å². The highest BCUT2D eigenvalue weighted by molar-refractivity contribution is 5.92. The van der Waals surface area contributed by atoms with E-state index in [0.29, 0.717) is 135 Å². The van der Waals surface area contributed by atoms with Crippen molar-refractivity contribution in [2.45, 2.75) is 75.7 Å². The molecule has 4 unspecified atom stereocenters. The molecule has 2 aliphatic carbocycles. The maximum Gasteiger partial charge on any atom is 0.332 e. The fourth-order valence-electron chi connectivity index (χ4n) is 11.5. The molecule has 4 aliphatic rings. The molecule has 0 bridgehead atoms. The van der Waals surface area contributed by atoms with Crippen LogP contribution in [0.3, 0.4) is 0 Å². The molecule has 0 saturated carbocycles. The molecule has 80 heavy (non-hydrogen) atoms. The smallest absolute Gasteiger partial charge is 0.332 e. The number of methoxy groups -OCH3 is 10. The number of benzene rings is 4. The molecule has 0 radical (unpaired) electrons. The van der Waals surface area contributed by atoms with E-state index in [1.165, 1.54) is 0 Å². The zero-order valence-electron chi connectivity index (χ0n) is 48.1. The molecule has 2 heterocycles. The van der Waals surface area contributed by atoms with Crippen LogP contribution < -0.4 is 47.4 Å². The highest BCUT2D eigenvalue weighted by Crippen LogP contribution is 2.52. The molecule has 2 amide bonds. The van der Waals surface area contributed by atoms with Gasteiger partial charge in [-0.2, -0.15) is 0 Å². The van der Waals surface area contributed by atoms with Gasteiger partial charge in [0, 0.05) is 74.4 Å². The van der Waals surface area contributed by atoms with Crippen LogP contribution >= 0.6 is 0 Å². The Morgan fingerprint density at radius 1 is 0.450 bits per heavy atom. The van der Waals surface area contributed by atoms with Gasteiger partial charge in [-0.3, -0.25) is 19.4 Å². The van der Waals surface area contributed by atoms with E-state index >= 15 is 0 Å². The van der Waals surface area contributed by atoms with Crippen LogP contribution in [0.25, 0.3) is 0 Å². The Balaban J connectivity index is 0.994. The predicted octanol–water partition coefficient (Wildman–Crippen LogP) is 5.95. The lowest BCUT2D eigenvalue weighted by Gasteiger charge is -2.38. The van der Waals surface area contributed by atoms with Gasteiger partial charge in [0.15, 0.2) is 58.5 Å². The van der Waals surface area contributed by atoms with E-state index < -0.39 is 24.4 Å². The van der Waals surface area contributed by atoms with Gasteiger partial charge in [0.25, 0.3) is 0 Å². The van der Waals surface area contributed by atoms with Crippen molar-refractivity contribution in [2.24, 2.45) is 0 Å². The summed E-state index contributed by atoms with van der Waals surface area (Å²) in [7, 11) is 19.4. The molecule has 0 fully saturated rings. The van der Waals surface area contributed by atoms with Crippen LogP contribution in [-0.4, -0.2) is 180 Å². The number of carbonyl (C=O) groups is 4. The van der Waals surface area contributed by atoms with Crippen molar-refractivity contribution >= 4 is 23.8 Å². The Labute approximate surface area is 468 Å². The lowest BCUT2D eigenvalue weighted by Crippen LogP contribution is -2.45. The van der Waals surface area contributed by atoms with Crippen LogP contribution in [-0.2, 0) is 67.2 Å². The van der Waals surface area contributed by atoms with E-state index in [4.69, 9.17) is 56.8 Å². The Kier molecular flexibility index (Phi) is 19.1. The average molecular weight is 1110 g/mol. The van der Waals surface area contributed by atoms with Gasteiger partial charge in [-0.1, -0.05) is 0 Å².